The van der Waals surface area contributed by atoms with Gasteiger partial charge in [-0.25, -0.2) is 9.78 Å². The Morgan fingerprint density at radius 3 is 2.20 bits per heavy atom. The summed E-state index contributed by atoms with van der Waals surface area (Å²) in [6.07, 6.45) is 0.554. The normalized spacial score (nSPS) is 14.3. The Morgan fingerprint density at radius 2 is 1.56 bits per heavy atom. The van der Waals surface area contributed by atoms with Crippen molar-refractivity contribution in [2.45, 2.75) is 78.6 Å². The van der Waals surface area contributed by atoms with Crippen molar-refractivity contribution in [2.75, 3.05) is 18.4 Å². The molecule has 0 saturated carbocycles. The molecule has 0 spiro atoms. The molecule has 41 heavy (non-hydrogen) atoms. The number of fused-ring (bicyclic) bond motifs is 2. The van der Waals surface area contributed by atoms with Gasteiger partial charge in [0.1, 0.15) is 16.2 Å². The van der Waals surface area contributed by atoms with Gasteiger partial charge in [-0.2, -0.15) is 0 Å². The number of hydrogen-bond donors (Lipinski definition) is 3. The number of alkyl carbamates (subject to hydrolysis) is 1. The van der Waals surface area contributed by atoms with Crippen molar-refractivity contribution in [2.24, 2.45) is 5.41 Å². The Morgan fingerprint density at radius 1 is 0.902 bits per heavy atom. The van der Waals surface area contributed by atoms with Crippen LogP contribution < -0.4 is 16.0 Å². The Balaban J connectivity index is 1.37. The average Bonchev–Trinajstić information content (AvgIpc) is 3.43. The van der Waals surface area contributed by atoms with E-state index in [9.17, 15) is 14.4 Å². The van der Waals surface area contributed by atoms with E-state index in [-0.39, 0.29) is 24.8 Å². The van der Waals surface area contributed by atoms with Crippen LogP contribution in [0.15, 0.2) is 42.5 Å². The Hall–Kier alpha value is -3.66. The smallest absolute Gasteiger partial charge is 0.407 e. The van der Waals surface area contributed by atoms with Gasteiger partial charge < -0.3 is 25.4 Å². The Kier molecular flexibility index (Phi) is 8.91. The molecule has 1 heterocycles. The highest BCUT2D eigenvalue weighted by Crippen LogP contribution is 2.41. The molecule has 0 fully saturated rings. The minimum atomic E-state index is -0.896. The van der Waals surface area contributed by atoms with Crippen LogP contribution in [0.2, 0.25) is 0 Å². The standard InChI is InChI=1S/C31H40N4O5S/c1-29(2,3)39-26(36)18-31(16-20-9-7-8-10-21(20)17-31)27(37)34-19-25-35-23-12-11-22(15-24(23)41-25)32-13-14-33-28(38)40-30(4,5)6/h7-12,15,32H,13-14,16-19H2,1-6H3,(H,33,38)(H,34,37). The highest BCUT2D eigenvalue weighted by molar-refractivity contribution is 7.18. The van der Waals surface area contributed by atoms with Crippen LogP contribution in [-0.2, 0) is 38.4 Å². The molecular weight excluding hydrogens is 540 g/mol. The number of amides is 2. The maximum absolute atomic E-state index is 13.7. The first-order valence-electron chi connectivity index (χ1n) is 13.9. The van der Waals surface area contributed by atoms with E-state index in [2.05, 4.69) is 20.9 Å². The second-order valence-corrected chi connectivity index (χ2v) is 13.6. The lowest BCUT2D eigenvalue weighted by Gasteiger charge is -2.28. The highest BCUT2D eigenvalue weighted by Gasteiger charge is 2.46. The third-order valence-electron chi connectivity index (χ3n) is 6.52. The molecule has 10 heteroatoms. The van der Waals surface area contributed by atoms with Gasteiger partial charge >= 0.3 is 12.1 Å². The van der Waals surface area contributed by atoms with Gasteiger partial charge in [-0.05, 0) is 83.7 Å². The maximum atomic E-state index is 13.7. The molecular formula is C31H40N4O5S. The van der Waals surface area contributed by atoms with Crippen molar-refractivity contribution in [3.8, 4) is 0 Å². The van der Waals surface area contributed by atoms with Gasteiger partial charge in [-0.1, -0.05) is 24.3 Å². The van der Waals surface area contributed by atoms with Crippen LogP contribution in [0.5, 0.6) is 0 Å². The van der Waals surface area contributed by atoms with Crippen molar-refractivity contribution in [3.63, 3.8) is 0 Å². The molecule has 4 rings (SSSR count). The van der Waals surface area contributed by atoms with E-state index in [1.807, 2.05) is 84.0 Å². The summed E-state index contributed by atoms with van der Waals surface area (Å²) < 4.78 is 11.8. The summed E-state index contributed by atoms with van der Waals surface area (Å²) in [5, 5.41) is 9.86. The summed E-state index contributed by atoms with van der Waals surface area (Å²) >= 11 is 1.51. The number of nitrogens with one attached hydrogen (secondary N) is 3. The molecule has 9 nitrogen and oxygen atoms in total. The van der Waals surface area contributed by atoms with Crippen molar-refractivity contribution in [1.29, 1.82) is 0 Å². The first-order valence-corrected chi connectivity index (χ1v) is 14.7. The van der Waals surface area contributed by atoms with Crippen molar-refractivity contribution in [3.05, 3.63) is 58.6 Å². The van der Waals surface area contributed by atoms with Gasteiger partial charge in [0.2, 0.25) is 5.91 Å². The monoisotopic (exact) mass is 580 g/mol. The topological polar surface area (TPSA) is 119 Å². The van der Waals surface area contributed by atoms with E-state index in [4.69, 9.17) is 9.47 Å². The maximum Gasteiger partial charge on any atom is 0.407 e. The second kappa shape index (κ2) is 12.1. The third-order valence-corrected chi connectivity index (χ3v) is 7.53. The van der Waals surface area contributed by atoms with Crippen LogP contribution in [-0.4, -0.2) is 47.2 Å². The van der Waals surface area contributed by atoms with Crippen molar-refractivity contribution < 1.29 is 23.9 Å². The number of benzene rings is 2. The summed E-state index contributed by atoms with van der Waals surface area (Å²) in [6, 6.07) is 13.8. The van der Waals surface area contributed by atoms with E-state index >= 15 is 0 Å². The Labute approximate surface area is 245 Å². The van der Waals surface area contributed by atoms with E-state index < -0.39 is 22.7 Å². The number of rotatable bonds is 9. The SMILES string of the molecule is CC(C)(C)OC(=O)CC1(C(=O)NCc2nc3ccc(NCCNC(=O)OC(C)(C)C)cc3s2)Cc2ccccc2C1. The number of hydrogen-bond acceptors (Lipinski definition) is 8. The lowest BCUT2D eigenvalue weighted by Crippen LogP contribution is -2.44. The van der Waals surface area contributed by atoms with Crippen LogP contribution in [0.1, 0.15) is 64.1 Å². The lowest BCUT2D eigenvalue weighted by atomic mass is 9.80. The molecule has 1 aliphatic carbocycles. The highest BCUT2D eigenvalue weighted by atomic mass is 32.1. The number of thiazole rings is 1. The van der Waals surface area contributed by atoms with E-state index in [1.165, 1.54) is 11.3 Å². The quantitative estimate of drug-likeness (QED) is 0.230. The summed E-state index contributed by atoms with van der Waals surface area (Å²) in [5.74, 6) is -0.541. The number of carbonyl (C=O) groups excluding carboxylic acids is 3. The molecule has 0 unspecified atom stereocenters. The van der Waals surface area contributed by atoms with Crippen molar-refractivity contribution in [1.82, 2.24) is 15.6 Å². The number of anilines is 1. The summed E-state index contributed by atoms with van der Waals surface area (Å²) in [4.78, 5) is 43.0. The number of carbonyl (C=O) groups is 3. The molecule has 2 amide bonds. The molecule has 220 valence electrons. The molecule has 0 bridgehead atoms. The summed E-state index contributed by atoms with van der Waals surface area (Å²) in [6.45, 7) is 12.2. The van der Waals surface area contributed by atoms with E-state index in [0.717, 1.165) is 32.0 Å². The number of ether oxygens (including phenoxy) is 2. The summed E-state index contributed by atoms with van der Waals surface area (Å²) in [5.41, 5.74) is 1.87. The van der Waals surface area contributed by atoms with Crippen LogP contribution in [0.4, 0.5) is 10.5 Å². The van der Waals surface area contributed by atoms with Crippen LogP contribution in [0, 0.1) is 5.41 Å². The fourth-order valence-electron chi connectivity index (χ4n) is 4.90. The van der Waals surface area contributed by atoms with Gasteiger partial charge in [0.15, 0.2) is 0 Å². The lowest BCUT2D eigenvalue weighted by molar-refractivity contribution is -0.160. The fourth-order valence-corrected chi connectivity index (χ4v) is 5.85. The van der Waals surface area contributed by atoms with Crippen molar-refractivity contribution >= 4 is 45.2 Å². The second-order valence-electron chi connectivity index (χ2n) is 12.5. The predicted molar refractivity (Wildman–Crippen MR) is 161 cm³/mol. The zero-order chi connectivity index (χ0) is 29.8. The first kappa shape index (κ1) is 30.3. The van der Waals surface area contributed by atoms with E-state index in [1.54, 1.807) is 0 Å². The zero-order valence-electron chi connectivity index (χ0n) is 24.7. The van der Waals surface area contributed by atoms with Gasteiger partial charge in [0.25, 0.3) is 0 Å². The zero-order valence-corrected chi connectivity index (χ0v) is 25.5. The molecule has 0 atom stereocenters. The molecule has 1 aliphatic rings. The van der Waals surface area contributed by atoms with Gasteiger partial charge in [-0.15, -0.1) is 11.3 Å². The number of nitrogens with zero attached hydrogens (tertiary/aromatic N) is 1. The van der Waals surface area contributed by atoms with Crippen LogP contribution in [0.25, 0.3) is 10.2 Å². The van der Waals surface area contributed by atoms with Gasteiger partial charge in [-0.3, -0.25) is 9.59 Å². The molecule has 0 saturated heterocycles. The van der Waals surface area contributed by atoms with E-state index in [0.29, 0.717) is 25.9 Å². The molecule has 2 aromatic carbocycles. The minimum Gasteiger partial charge on any atom is -0.460 e. The molecule has 0 radical (unpaired) electrons. The van der Waals surface area contributed by atoms with Crippen LogP contribution >= 0.6 is 11.3 Å². The molecule has 3 aromatic rings. The molecule has 0 aliphatic heterocycles. The Bertz CT molecular complexity index is 1390. The summed E-state index contributed by atoms with van der Waals surface area (Å²) in [7, 11) is 0. The molecule has 3 N–H and O–H groups in total. The number of esters is 1. The largest absolute Gasteiger partial charge is 0.460 e. The van der Waals surface area contributed by atoms with Gasteiger partial charge in [0.05, 0.1) is 28.6 Å². The first-order chi connectivity index (χ1) is 19.2. The third kappa shape index (κ3) is 8.42. The molecule has 1 aromatic heterocycles. The fraction of sp³-hybridized carbons (Fsp3) is 0.484. The van der Waals surface area contributed by atoms with Crippen LogP contribution in [0.3, 0.4) is 0 Å². The van der Waals surface area contributed by atoms with Gasteiger partial charge in [0, 0.05) is 18.8 Å². The number of aromatic nitrogens is 1. The average molecular weight is 581 g/mol. The predicted octanol–water partition coefficient (Wildman–Crippen LogP) is 5.37. The minimum absolute atomic E-state index is 0.0163.